The van der Waals surface area contributed by atoms with E-state index in [1.54, 1.807) is 12.1 Å². The summed E-state index contributed by atoms with van der Waals surface area (Å²) >= 11 is 0. The number of alkyl halides is 3. The molecule has 0 bridgehead atoms. The van der Waals surface area contributed by atoms with Gasteiger partial charge in [-0.25, -0.2) is 0 Å². The molecule has 0 heterocycles. The number of phenolic OH excluding ortho intramolecular Hbond substituents is 2. The van der Waals surface area contributed by atoms with Gasteiger partial charge in [0.05, 0.1) is 11.0 Å². The van der Waals surface area contributed by atoms with Gasteiger partial charge in [0.1, 0.15) is 0 Å². The molecule has 3 aromatic carbocycles. The van der Waals surface area contributed by atoms with E-state index in [9.17, 15) is 28.2 Å². The number of nitrogens with one attached hydrogen (secondary N) is 1. The first-order chi connectivity index (χ1) is 14.6. The average Bonchev–Trinajstić information content (AvgIpc) is 3.52. The SMILES string of the molecule is Cc1ccc(-c2cc(NC(=O)C3(c4ccc(O)c(O)c4)CC3)cc(C(F)(F)F)c2)cc1. The molecule has 0 spiro atoms. The number of anilines is 1. The Bertz CT molecular complexity index is 1150. The lowest BCUT2D eigenvalue weighted by atomic mass is 9.94. The first kappa shape index (κ1) is 20.8. The van der Waals surface area contributed by atoms with Crippen LogP contribution in [-0.4, -0.2) is 16.1 Å². The molecule has 1 aliphatic carbocycles. The Hall–Kier alpha value is -3.48. The molecule has 1 amide bonds. The second-order valence-corrected chi connectivity index (χ2v) is 7.90. The quantitative estimate of drug-likeness (QED) is 0.464. The molecule has 0 unspecified atom stereocenters. The number of carbonyl (C=O) groups excluding carboxylic acids is 1. The number of phenols is 2. The summed E-state index contributed by atoms with van der Waals surface area (Å²) in [5.74, 6) is -1.11. The van der Waals surface area contributed by atoms with Crippen LogP contribution in [0.5, 0.6) is 11.5 Å². The standard InChI is InChI=1S/C24H20F3NO3/c1-14-2-4-15(5-3-14)16-10-18(24(25,26)27)12-19(11-16)28-22(31)23(8-9-23)17-6-7-20(29)21(30)13-17/h2-7,10-13,29-30H,8-9H2,1H3,(H,28,31). The molecule has 0 aliphatic heterocycles. The number of hydrogen-bond donors (Lipinski definition) is 3. The highest BCUT2D eigenvalue weighted by Crippen LogP contribution is 2.50. The molecular weight excluding hydrogens is 407 g/mol. The zero-order valence-electron chi connectivity index (χ0n) is 16.6. The Kier molecular flexibility index (Phi) is 4.92. The second-order valence-electron chi connectivity index (χ2n) is 7.90. The molecule has 1 aliphatic rings. The van der Waals surface area contributed by atoms with E-state index in [1.807, 2.05) is 19.1 Å². The van der Waals surface area contributed by atoms with Gasteiger partial charge in [0.2, 0.25) is 5.91 Å². The lowest BCUT2D eigenvalue weighted by Gasteiger charge is -2.18. The lowest BCUT2D eigenvalue weighted by molar-refractivity contribution is -0.137. The van der Waals surface area contributed by atoms with Crippen LogP contribution in [0.15, 0.2) is 60.7 Å². The summed E-state index contributed by atoms with van der Waals surface area (Å²) in [6.45, 7) is 1.89. The van der Waals surface area contributed by atoms with Crippen LogP contribution in [0.2, 0.25) is 0 Å². The highest BCUT2D eigenvalue weighted by Gasteiger charge is 2.51. The summed E-state index contributed by atoms with van der Waals surface area (Å²) in [4.78, 5) is 13.0. The molecule has 0 aromatic heterocycles. The zero-order chi connectivity index (χ0) is 22.4. The predicted molar refractivity (Wildman–Crippen MR) is 111 cm³/mol. The summed E-state index contributed by atoms with van der Waals surface area (Å²) < 4.78 is 40.5. The Morgan fingerprint density at radius 2 is 1.58 bits per heavy atom. The number of aromatic hydroxyl groups is 2. The molecule has 1 fully saturated rings. The van der Waals surface area contributed by atoms with Gasteiger partial charge in [-0.3, -0.25) is 4.79 Å². The molecule has 4 nitrogen and oxygen atoms in total. The van der Waals surface area contributed by atoms with Gasteiger partial charge < -0.3 is 15.5 Å². The smallest absolute Gasteiger partial charge is 0.416 e. The van der Waals surface area contributed by atoms with E-state index < -0.39 is 23.1 Å². The summed E-state index contributed by atoms with van der Waals surface area (Å²) in [5, 5.41) is 21.9. The van der Waals surface area contributed by atoms with Gasteiger partial charge in [-0.2, -0.15) is 13.2 Å². The first-order valence-electron chi connectivity index (χ1n) is 9.72. The van der Waals surface area contributed by atoms with Crippen LogP contribution in [0.1, 0.15) is 29.5 Å². The van der Waals surface area contributed by atoms with Gasteiger partial charge in [-0.15, -0.1) is 0 Å². The third kappa shape index (κ3) is 4.08. The molecule has 31 heavy (non-hydrogen) atoms. The topological polar surface area (TPSA) is 69.6 Å². The van der Waals surface area contributed by atoms with Crippen molar-refractivity contribution in [1.29, 1.82) is 0 Å². The van der Waals surface area contributed by atoms with E-state index in [1.165, 1.54) is 24.3 Å². The van der Waals surface area contributed by atoms with Crippen molar-refractivity contribution >= 4 is 11.6 Å². The van der Waals surface area contributed by atoms with E-state index >= 15 is 0 Å². The number of amides is 1. The number of carbonyl (C=O) groups is 1. The Morgan fingerprint density at radius 1 is 0.903 bits per heavy atom. The molecule has 7 heteroatoms. The maximum Gasteiger partial charge on any atom is 0.416 e. The third-order valence-electron chi connectivity index (χ3n) is 5.62. The highest BCUT2D eigenvalue weighted by atomic mass is 19.4. The Balaban J connectivity index is 1.69. The van der Waals surface area contributed by atoms with Crippen molar-refractivity contribution in [2.75, 3.05) is 5.32 Å². The van der Waals surface area contributed by atoms with E-state index in [2.05, 4.69) is 5.32 Å². The number of rotatable bonds is 4. The average molecular weight is 427 g/mol. The van der Waals surface area contributed by atoms with Crippen LogP contribution in [0.25, 0.3) is 11.1 Å². The van der Waals surface area contributed by atoms with Gasteiger partial charge in [0, 0.05) is 5.69 Å². The largest absolute Gasteiger partial charge is 0.504 e. The van der Waals surface area contributed by atoms with E-state index in [4.69, 9.17) is 0 Å². The zero-order valence-corrected chi connectivity index (χ0v) is 16.6. The van der Waals surface area contributed by atoms with Crippen molar-refractivity contribution in [2.45, 2.75) is 31.4 Å². The van der Waals surface area contributed by atoms with Crippen LogP contribution >= 0.6 is 0 Å². The normalized spacial score (nSPS) is 14.8. The molecular formula is C24H20F3NO3. The lowest BCUT2D eigenvalue weighted by Crippen LogP contribution is -2.28. The van der Waals surface area contributed by atoms with Crippen molar-refractivity contribution in [3.63, 3.8) is 0 Å². The molecule has 0 radical (unpaired) electrons. The van der Waals surface area contributed by atoms with Gasteiger partial charge in [0.15, 0.2) is 11.5 Å². The van der Waals surface area contributed by atoms with E-state index in [0.29, 0.717) is 29.5 Å². The van der Waals surface area contributed by atoms with Crippen molar-refractivity contribution in [3.05, 3.63) is 77.4 Å². The Morgan fingerprint density at radius 3 is 2.16 bits per heavy atom. The summed E-state index contributed by atoms with van der Waals surface area (Å²) in [6, 6.07) is 14.7. The molecule has 4 rings (SSSR count). The van der Waals surface area contributed by atoms with Gasteiger partial charge in [0.25, 0.3) is 0 Å². The fourth-order valence-electron chi connectivity index (χ4n) is 3.62. The minimum absolute atomic E-state index is 0.0460. The molecule has 3 aromatic rings. The minimum atomic E-state index is -4.57. The number of halogens is 3. The Labute approximate surface area is 177 Å². The maximum atomic E-state index is 13.5. The fourth-order valence-corrected chi connectivity index (χ4v) is 3.62. The highest BCUT2D eigenvalue weighted by molar-refractivity contribution is 6.02. The molecule has 0 atom stereocenters. The number of hydrogen-bond acceptors (Lipinski definition) is 3. The summed E-state index contributed by atoms with van der Waals surface area (Å²) in [6.07, 6.45) is -3.58. The van der Waals surface area contributed by atoms with Gasteiger partial charge >= 0.3 is 6.18 Å². The van der Waals surface area contributed by atoms with Crippen molar-refractivity contribution < 1.29 is 28.2 Å². The number of benzene rings is 3. The van der Waals surface area contributed by atoms with Gasteiger partial charge in [-0.05, 0) is 66.8 Å². The fraction of sp³-hybridized carbons (Fsp3) is 0.208. The minimum Gasteiger partial charge on any atom is -0.504 e. The summed E-state index contributed by atoms with van der Waals surface area (Å²) in [5.41, 5.74) is 0.693. The van der Waals surface area contributed by atoms with E-state index in [-0.39, 0.29) is 17.2 Å². The number of aryl methyl sites for hydroxylation is 1. The predicted octanol–water partition coefficient (Wildman–Crippen LogP) is 5.76. The maximum absolute atomic E-state index is 13.5. The molecule has 0 saturated heterocycles. The van der Waals surface area contributed by atoms with Crippen molar-refractivity contribution in [2.24, 2.45) is 0 Å². The monoisotopic (exact) mass is 427 g/mol. The van der Waals surface area contributed by atoms with Crippen molar-refractivity contribution in [1.82, 2.24) is 0 Å². The van der Waals surface area contributed by atoms with E-state index in [0.717, 1.165) is 17.7 Å². The summed E-state index contributed by atoms with van der Waals surface area (Å²) in [7, 11) is 0. The van der Waals surface area contributed by atoms with Crippen LogP contribution in [0.3, 0.4) is 0 Å². The van der Waals surface area contributed by atoms with Crippen LogP contribution in [-0.2, 0) is 16.4 Å². The molecule has 3 N–H and O–H groups in total. The van der Waals surface area contributed by atoms with Crippen molar-refractivity contribution in [3.8, 4) is 22.6 Å². The van der Waals surface area contributed by atoms with Crippen LogP contribution in [0, 0.1) is 6.92 Å². The third-order valence-corrected chi connectivity index (χ3v) is 5.62. The van der Waals surface area contributed by atoms with Crippen LogP contribution < -0.4 is 5.32 Å². The molecule has 1 saturated carbocycles. The molecule has 160 valence electrons. The first-order valence-corrected chi connectivity index (χ1v) is 9.72. The van der Waals surface area contributed by atoms with Gasteiger partial charge in [-0.1, -0.05) is 35.9 Å². The second kappa shape index (κ2) is 7.34. The van der Waals surface area contributed by atoms with Crippen LogP contribution in [0.4, 0.5) is 18.9 Å².